The third-order valence-electron chi connectivity index (χ3n) is 4.48. The molecule has 0 amide bonds. The molecule has 0 radical (unpaired) electrons. The van der Waals surface area contributed by atoms with E-state index in [1.54, 1.807) is 40.6 Å². The Balaban J connectivity index is 1.78. The van der Waals surface area contributed by atoms with Crippen molar-refractivity contribution in [2.24, 2.45) is 0 Å². The van der Waals surface area contributed by atoms with Crippen molar-refractivity contribution in [3.8, 4) is 23.0 Å². The maximum absolute atomic E-state index is 6.21. The van der Waals surface area contributed by atoms with E-state index in [1.165, 1.54) is 0 Å². The Morgan fingerprint density at radius 3 is 1.25 bits per heavy atom. The Bertz CT molecular complexity index is 1230. The summed E-state index contributed by atoms with van der Waals surface area (Å²) in [6, 6.07) is 7.33. The molecule has 0 bridgehead atoms. The molecule has 0 N–H and O–H groups in total. The van der Waals surface area contributed by atoms with Gasteiger partial charge < -0.3 is 0 Å². The number of aromatic nitrogens is 4. The first-order chi connectivity index (χ1) is 15.5. The molecule has 2 aromatic carbocycles. The van der Waals surface area contributed by atoms with Gasteiger partial charge in [-0.3, -0.25) is 0 Å². The second-order valence-corrected chi connectivity index (χ2v) is 12.8. The van der Waals surface area contributed by atoms with Crippen LogP contribution in [0.3, 0.4) is 0 Å². The predicted molar refractivity (Wildman–Crippen MR) is 126 cm³/mol. The van der Waals surface area contributed by atoms with E-state index >= 15 is 0 Å². The Kier molecular flexibility index (Phi) is 7.10. The maximum atomic E-state index is 6.21. The van der Waals surface area contributed by atoms with Gasteiger partial charge in [0.25, 0.3) is 0 Å². The first-order valence-corrected chi connectivity index (χ1v) is 15.8. The van der Waals surface area contributed by atoms with Crippen LogP contribution in [0.2, 0.25) is 10.6 Å². The van der Waals surface area contributed by atoms with Crippen LogP contribution in [-0.4, -0.2) is 74.6 Å². The van der Waals surface area contributed by atoms with Crippen molar-refractivity contribution in [2.45, 2.75) is 0 Å². The summed E-state index contributed by atoms with van der Waals surface area (Å²) in [6.07, 6.45) is 0. The van der Waals surface area contributed by atoms with E-state index in [4.69, 9.17) is 42.1 Å². The van der Waals surface area contributed by atoms with Crippen LogP contribution in [0.25, 0.3) is 21.8 Å². The average Bonchev–Trinajstić information content (AvgIpc) is 2.80. The van der Waals surface area contributed by atoms with Gasteiger partial charge in [-0.05, 0) is 0 Å². The standard InChI is InChI=1S/C20H16Cl2N4O4Se2/c1-27-13-5-9-11(7-15(13)29-3)23-19(21)25-17(9)31-32-18-10-6-14(28-2)16(30-4)8-12(10)24-20(22)26-18/h5-8H,1-4H3. The van der Waals surface area contributed by atoms with Crippen LogP contribution in [0.15, 0.2) is 24.3 Å². The predicted octanol–water partition coefficient (Wildman–Crippen LogP) is 2.19. The summed E-state index contributed by atoms with van der Waals surface area (Å²) in [5.74, 6) is 2.35. The molecule has 0 saturated carbocycles. The van der Waals surface area contributed by atoms with Gasteiger partial charge in [-0.15, -0.1) is 0 Å². The molecule has 2 aromatic heterocycles. The number of fused-ring (bicyclic) bond motifs is 2. The first-order valence-electron chi connectivity index (χ1n) is 9.00. The number of methoxy groups -OCH3 is 4. The molecule has 0 fully saturated rings. The molecule has 4 rings (SSSR count). The normalized spacial score (nSPS) is 11.1. The zero-order valence-corrected chi connectivity index (χ0v) is 22.2. The summed E-state index contributed by atoms with van der Waals surface area (Å²) in [5.41, 5.74) is 1.37. The van der Waals surface area contributed by atoms with E-state index in [0.29, 0.717) is 34.0 Å². The van der Waals surface area contributed by atoms with Crippen LogP contribution in [0.1, 0.15) is 0 Å². The van der Waals surface area contributed by atoms with E-state index in [0.717, 1.165) is 20.0 Å². The molecule has 0 saturated heterocycles. The molecule has 166 valence electrons. The molecule has 0 unspecified atom stereocenters. The number of benzene rings is 2. The minimum atomic E-state index is -0.0881. The number of ether oxygens (including phenoxy) is 4. The number of hydrogen-bond donors (Lipinski definition) is 0. The monoisotopic (exact) mass is 606 g/mol. The van der Waals surface area contributed by atoms with Crippen molar-refractivity contribution >= 4 is 80.5 Å². The topological polar surface area (TPSA) is 88.5 Å². The van der Waals surface area contributed by atoms with Crippen molar-refractivity contribution in [3.05, 3.63) is 34.8 Å². The molecule has 0 aliphatic heterocycles. The summed E-state index contributed by atoms with van der Waals surface area (Å²) in [7, 11) is 6.33. The van der Waals surface area contributed by atoms with Gasteiger partial charge in [0.05, 0.1) is 0 Å². The Labute approximate surface area is 204 Å². The van der Waals surface area contributed by atoms with Gasteiger partial charge in [-0.1, -0.05) is 0 Å². The second-order valence-electron chi connectivity index (χ2n) is 6.21. The Morgan fingerprint density at radius 1 is 0.562 bits per heavy atom. The Morgan fingerprint density at radius 2 is 0.906 bits per heavy atom. The molecular weight excluding hydrogens is 589 g/mol. The van der Waals surface area contributed by atoms with Gasteiger partial charge in [-0.2, -0.15) is 0 Å². The third kappa shape index (κ3) is 4.52. The van der Waals surface area contributed by atoms with Gasteiger partial charge in [0.1, 0.15) is 0 Å². The van der Waals surface area contributed by atoms with Crippen LogP contribution < -0.4 is 28.1 Å². The van der Waals surface area contributed by atoms with E-state index in [1.807, 2.05) is 12.1 Å². The quantitative estimate of drug-likeness (QED) is 0.234. The van der Waals surface area contributed by atoms with Crippen LogP contribution in [0.5, 0.6) is 23.0 Å². The molecule has 32 heavy (non-hydrogen) atoms. The van der Waals surface area contributed by atoms with Gasteiger partial charge >= 0.3 is 206 Å². The van der Waals surface area contributed by atoms with Gasteiger partial charge in [0, 0.05) is 0 Å². The van der Waals surface area contributed by atoms with Crippen molar-refractivity contribution in [1.82, 2.24) is 19.9 Å². The number of nitrogens with zero attached hydrogens (tertiary/aromatic N) is 4. The van der Waals surface area contributed by atoms with E-state index in [-0.39, 0.29) is 36.8 Å². The van der Waals surface area contributed by atoms with Gasteiger partial charge in [0.2, 0.25) is 0 Å². The average molecular weight is 605 g/mol. The molecule has 4 aromatic rings. The van der Waals surface area contributed by atoms with Gasteiger partial charge in [0.15, 0.2) is 0 Å². The van der Waals surface area contributed by atoms with Crippen molar-refractivity contribution in [3.63, 3.8) is 0 Å². The van der Waals surface area contributed by atoms with E-state index in [2.05, 4.69) is 19.9 Å². The van der Waals surface area contributed by atoms with Crippen molar-refractivity contribution < 1.29 is 18.9 Å². The molecule has 12 heteroatoms. The van der Waals surface area contributed by atoms with Crippen LogP contribution >= 0.6 is 23.2 Å². The molecule has 8 nitrogen and oxygen atoms in total. The van der Waals surface area contributed by atoms with Crippen LogP contribution in [0, 0.1) is 0 Å². The third-order valence-corrected chi connectivity index (χ3v) is 11.3. The molecular formula is C20H16Cl2N4O4Se2. The van der Waals surface area contributed by atoms with Crippen molar-refractivity contribution in [1.29, 1.82) is 0 Å². The summed E-state index contributed by atoms with van der Waals surface area (Å²) in [5, 5.41) is 2.07. The fourth-order valence-electron chi connectivity index (χ4n) is 3.01. The second kappa shape index (κ2) is 9.83. The summed E-state index contributed by atoms with van der Waals surface area (Å²) >= 11 is 12.3. The molecule has 0 spiro atoms. The number of hydrogen-bond acceptors (Lipinski definition) is 8. The summed E-state index contributed by atoms with van der Waals surface area (Å²) < 4.78 is 23.3. The number of rotatable bonds is 7. The fraction of sp³-hybridized carbons (Fsp3) is 0.200. The SMILES string of the molecule is COc1cc2nc(Cl)nc([Se][Se]c3nc(Cl)nc4cc(OC)c(OC)cc34)c2cc1OC. The van der Waals surface area contributed by atoms with Crippen LogP contribution in [-0.2, 0) is 0 Å². The fourth-order valence-corrected chi connectivity index (χ4v) is 9.99. The summed E-state index contributed by atoms with van der Waals surface area (Å²) in [6.45, 7) is 0. The molecule has 0 atom stereocenters. The van der Waals surface area contributed by atoms with Crippen molar-refractivity contribution in [2.75, 3.05) is 28.4 Å². The summed E-state index contributed by atoms with van der Waals surface area (Å²) in [4.78, 5) is 17.7. The van der Waals surface area contributed by atoms with E-state index in [9.17, 15) is 0 Å². The molecule has 2 heterocycles. The Hall–Kier alpha value is -2.06. The molecule has 0 aliphatic carbocycles. The molecule has 0 aliphatic rings. The zero-order valence-electron chi connectivity index (χ0n) is 17.3. The van der Waals surface area contributed by atoms with E-state index < -0.39 is 0 Å². The first kappa shape index (κ1) is 23.1. The zero-order chi connectivity index (χ0) is 22.8. The number of halogens is 2. The minimum absolute atomic E-state index is 0.0881. The van der Waals surface area contributed by atoms with Gasteiger partial charge in [-0.25, -0.2) is 0 Å². The van der Waals surface area contributed by atoms with Crippen LogP contribution in [0.4, 0.5) is 0 Å².